The van der Waals surface area contributed by atoms with E-state index in [0.29, 0.717) is 38.3 Å². The fourth-order valence-corrected chi connectivity index (χ4v) is 2.76. The highest BCUT2D eigenvalue weighted by Crippen LogP contribution is 2.31. The van der Waals surface area contributed by atoms with Crippen molar-refractivity contribution in [1.82, 2.24) is 4.90 Å². The summed E-state index contributed by atoms with van der Waals surface area (Å²) in [6.45, 7) is 3.91. The third-order valence-electron chi connectivity index (χ3n) is 3.97. The molecule has 0 spiro atoms. The van der Waals surface area contributed by atoms with Crippen molar-refractivity contribution >= 4 is 11.7 Å². The number of piperazine rings is 1. The molecule has 1 fully saturated rings. The highest BCUT2D eigenvalue weighted by Gasteiger charge is 2.32. The Kier molecular flexibility index (Phi) is 4.95. The summed E-state index contributed by atoms with van der Waals surface area (Å²) in [4.78, 5) is 14.9. The van der Waals surface area contributed by atoms with Crippen LogP contribution in [0, 0.1) is 0 Å². The molecular weight excluding hydrogens is 297 g/mol. The third kappa shape index (κ3) is 3.71. The van der Waals surface area contributed by atoms with Gasteiger partial charge in [0, 0.05) is 31.9 Å². The number of carboxylic acid groups (broad SMARTS) is 1. The van der Waals surface area contributed by atoms with E-state index in [1.165, 1.54) is 6.07 Å². The number of carboxylic acids is 1. The molecule has 22 heavy (non-hydrogen) atoms. The summed E-state index contributed by atoms with van der Waals surface area (Å²) < 4.78 is 38.2. The van der Waals surface area contributed by atoms with Crippen LogP contribution in [0.1, 0.15) is 18.9 Å². The Morgan fingerprint density at radius 3 is 2.41 bits per heavy atom. The molecule has 122 valence electrons. The number of rotatable bonds is 4. The number of carbonyl (C=O) groups is 1. The minimum atomic E-state index is -4.35. The number of nitrogens with zero attached hydrogens (tertiary/aromatic N) is 2. The van der Waals surface area contributed by atoms with Gasteiger partial charge in [0.2, 0.25) is 0 Å². The predicted octanol–water partition coefficient (Wildman–Crippen LogP) is 2.69. The smallest absolute Gasteiger partial charge is 0.416 e. The second-order valence-electron chi connectivity index (χ2n) is 5.33. The maximum Gasteiger partial charge on any atom is 0.416 e. The molecule has 7 heteroatoms. The Bertz CT molecular complexity index is 526. The predicted molar refractivity (Wildman–Crippen MR) is 76.9 cm³/mol. The van der Waals surface area contributed by atoms with Crippen molar-refractivity contribution in [2.75, 3.05) is 31.1 Å². The molecule has 2 rings (SSSR count). The summed E-state index contributed by atoms with van der Waals surface area (Å²) in [7, 11) is 0. The molecule has 1 aliphatic heterocycles. The van der Waals surface area contributed by atoms with E-state index in [1.807, 2.05) is 16.7 Å². The van der Waals surface area contributed by atoms with Crippen molar-refractivity contribution in [2.24, 2.45) is 0 Å². The number of benzene rings is 1. The van der Waals surface area contributed by atoms with Crippen molar-refractivity contribution in [2.45, 2.75) is 25.6 Å². The molecule has 0 saturated carbocycles. The van der Waals surface area contributed by atoms with E-state index >= 15 is 0 Å². The SMILES string of the molecule is CC[C@@H](C(=O)O)N1CCN(c2cccc(C(F)(F)F)c2)CC1. The van der Waals surface area contributed by atoms with Crippen LogP contribution in [0.2, 0.25) is 0 Å². The van der Waals surface area contributed by atoms with Gasteiger partial charge in [-0.1, -0.05) is 13.0 Å². The summed E-state index contributed by atoms with van der Waals surface area (Å²) in [6.07, 6.45) is -3.84. The lowest BCUT2D eigenvalue weighted by molar-refractivity contribution is -0.143. The summed E-state index contributed by atoms with van der Waals surface area (Å²) in [5, 5.41) is 9.15. The van der Waals surface area contributed by atoms with Crippen LogP contribution in [0.3, 0.4) is 0 Å². The minimum Gasteiger partial charge on any atom is -0.480 e. The maximum absolute atomic E-state index is 12.7. The van der Waals surface area contributed by atoms with Gasteiger partial charge in [-0.15, -0.1) is 0 Å². The molecule has 1 aromatic carbocycles. The lowest BCUT2D eigenvalue weighted by Gasteiger charge is -2.38. The lowest BCUT2D eigenvalue weighted by Crippen LogP contribution is -2.52. The number of hydrogen-bond acceptors (Lipinski definition) is 3. The maximum atomic E-state index is 12.7. The number of hydrogen-bond donors (Lipinski definition) is 1. The first-order chi connectivity index (χ1) is 10.3. The van der Waals surface area contributed by atoms with Gasteiger partial charge in [0.25, 0.3) is 0 Å². The van der Waals surface area contributed by atoms with Gasteiger partial charge in [-0.3, -0.25) is 9.69 Å². The van der Waals surface area contributed by atoms with E-state index in [1.54, 1.807) is 6.07 Å². The Balaban J connectivity index is 2.04. The number of alkyl halides is 3. The fraction of sp³-hybridized carbons (Fsp3) is 0.533. The van der Waals surface area contributed by atoms with Crippen molar-refractivity contribution in [3.05, 3.63) is 29.8 Å². The molecule has 0 aromatic heterocycles. The monoisotopic (exact) mass is 316 g/mol. The van der Waals surface area contributed by atoms with E-state index < -0.39 is 23.8 Å². The quantitative estimate of drug-likeness (QED) is 0.927. The average molecular weight is 316 g/mol. The topological polar surface area (TPSA) is 43.8 Å². The summed E-state index contributed by atoms with van der Waals surface area (Å²) in [6, 6.07) is 4.72. The Hall–Kier alpha value is -1.76. The number of halogens is 3. The van der Waals surface area contributed by atoms with E-state index in [-0.39, 0.29) is 0 Å². The number of anilines is 1. The zero-order valence-electron chi connectivity index (χ0n) is 12.3. The van der Waals surface area contributed by atoms with E-state index in [2.05, 4.69) is 0 Å². The van der Waals surface area contributed by atoms with Gasteiger partial charge in [-0.25, -0.2) is 0 Å². The van der Waals surface area contributed by atoms with Gasteiger partial charge in [0.05, 0.1) is 5.56 Å². The molecule has 1 heterocycles. The van der Waals surface area contributed by atoms with Crippen LogP contribution < -0.4 is 4.90 Å². The second kappa shape index (κ2) is 6.56. The molecule has 0 bridgehead atoms. The first-order valence-electron chi connectivity index (χ1n) is 7.22. The van der Waals surface area contributed by atoms with Crippen LogP contribution >= 0.6 is 0 Å². The van der Waals surface area contributed by atoms with Gasteiger partial charge < -0.3 is 10.0 Å². The molecule has 0 unspecified atom stereocenters. The first kappa shape index (κ1) is 16.6. The van der Waals surface area contributed by atoms with Gasteiger partial charge in [0.1, 0.15) is 6.04 Å². The fourth-order valence-electron chi connectivity index (χ4n) is 2.76. The van der Waals surface area contributed by atoms with Crippen LogP contribution in [-0.2, 0) is 11.0 Å². The molecule has 1 aromatic rings. The van der Waals surface area contributed by atoms with Gasteiger partial charge in [-0.05, 0) is 24.6 Å². The van der Waals surface area contributed by atoms with E-state index in [4.69, 9.17) is 5.11 Å². The molecule has 1 N–H and O–H groups in total. The van der Waals surface area contributed by atoms with Crippen LogP contribution in [0.5, 0.6) is 0 Å². The molecule has 4 nitrogen and oxygen atoms in total. The van der Waals surface area contributed by atoms with Gasteiger partial charge in [-0.2, -0.15) is 13.2 Å². The third-order valence-corrected chi connectivity index (χ3v) is 3.97. The number of aliphatic carboxylic acids is 1. The van der Waals surface area contributed by atoms with Crippen molar-refractivity contribution < 1.29 is 23.1 Å². The minimum absolute atomic E-state index is 0.513. The molecule has 0 aliphatic carbocycles. The largest absolute Gasteiger partial charge is 0.480 e. The molecular formula is C15H19F3N2O2. The normalized spacial score (nSPS) is 18.3. The van der Waals surface area contributed by atoms with Crippen LogP contribution in [0.25, 0.3) is 0 Å². The second-order valence-corrected chi connectivity index (χ2v) is 5.33. The highest BCUT2D eigenvalue weighted by molar-refractivity contribution is 5.73. The van der Waals surface area contributed by atoms with Gasteiger partial charge >= 0.3 is 12.1 Å². The van der Waals surface area contributed by atoms with Crippen LogP contribution in [0.15, 0.2) is 24.3 Å². The summed E-state index contributed by atoms with van der Waals surface area (Å²) in [5.41, 5.74) is -0.137. The summed E-state index contributed by atoms with van der Waals surface area (Å²) in [5.74, 6) is -0.852. The van der Waals surface area contributed by atoms with Crippen LogP contribution in [0.4, 0.5) is 18.9 Å². The van der Waals surface area contributed by atoms with Gasteiger partial charge in [0.15, 0.2) is 0 Å². The average Bonchev–Trinajstić information content (AvgIpc) is 2.47. The van der Waals surface area contributed by atoms with Crippen molar-refractivity contribution in [3.63, 3.8) is 0 Å². The zero-order valence-corrected chi connectivity index (χ0v) is 12.3. The Morgan fingerprint density at radius 1 is 1.27 bits per heavy atom. The molecule has 0 amide bonds. The van der Waals surface area contributed by atoms with E-state index in [9.17, 15) is 18.0 Å². The Labute approximate surface area is 127 Å². The summed E-state index contributed by atoms with van der Waals surface area (Å²) >= 11 is 0. The molecule has 1 atom stereocenters. The molecule has 1 aliphatic rings. The first-order valence-corrected chi connectivity index (χ1v) is 7.22. The highest BCUT2D eigenvalue weighted by atomic mass is 19.4. The standard InChI is InChI=1S/C15H19F3N2O2/c1-2-13(14(21)22)20-8-6-19(7-9-20)12-5-3-4-11(10-12)15(16,17)18/h3-5,10,13H,2,6-9H2,1H3,(H,21,22)/t13-/m0/s1. The lowest BCUT2D eigenvalue weighted by atomic mass is 10.1. The van der Waals surface area contributed by atoms with E-state index in [0.717, 1.165) is 12.1 Å². The van der Waals surface area contributed by atoms with Crippen molar-refractivity contribution in [1.29, 1.82) is 0 Å². The Morgan fingerprint density at radius 2 is 1.91 bits per heavy atom. The van der Waals surface area contributed by atoms with Crippen LogP contribution in [-0.4, -0.2) is 48.2 Å². The van der Waals surface area contributed by atoms with Crippen molar-refractivity contribution in [3.8, 4) is 0 Å². The molecule has 0 radical (unpaired) electrons. The zero-order chi connectivity index (χ0) is 16.3. The molecule has 1 saturated heterocycles.